The zero-order valence-electron chi connectivity index (χ0n) is 24.4. The van der Waals surface area contributed by atoms with Gasteiger partial charge in [-0.05, 0) is 98.9 Å². The van der Waals surface area contributed by atoms with Crippen LogP contribution in [0.15, 0.2) is 89.7 Å². The van der Waals surface area contributed by atoms with Gasteiger partial charge in [-0.1, -0.05) is 36.4 Å². The molecule has 216 valence electrons. The number of benzene rings is 4. The minimum absolute atomic E-state index is 0.139. The number of rotatable bonds is 12. The van der Waals surface area contributed by atoms with Crippen molar-refractivity contribution in [2.45, 2.75) is 25.7 Å². The molecule has 7 heteroatoms. The van der Waals surface area contributed by atoms with Gasteiger partial charge >= 0.3 is 0 Å². The highest BCUT2D eigenvalue weighted by atomic mass is 16.5. The summed E-state index contributed by atoms with van der Waals surface area (Å²) in [6.45, 7) is 2.08. The predicted molar refractivity (Wildman–Crippen MR) is 170 cm³/mol. The Morgan fingerprint density at radius 1 is 0.762 bits per heavy atom. The smallest absolute Gasteiger partial charge is 0.257 e. The van der Waals surface area contributed by atoms with E-state index in [4.69, 9.17) is 9.47 Å². The number of carbonyl (C=O) groups excluding carboxylic acids is 1. The van der Waals surface area contributed by atoms with Crippen LogP contribution in [0.25, 0.3) is 21.8 Å². The molecule has 0 aliphatic rings. The van der Waals surface area contributed by atoms with E-state index in [1.165, 1.54) is 11.1 Å². The molecule has 7 nitrogen and oxygen atoms in total. The summed E-state index contributed by atoms with van der Waals surface area (Å²) in [5.41, 5.74) is 4.59. The number of aromatic nitrogens is 1. The van der Waals surface area contributed by atoms with Crippen molar-refractivity contribution in [2.24, 2.45) is 0 Å². The molecule has 4 aromatic carbocycles. The molecule has 0 saturated heterocycles. The first-order chi connectivity index (χ1) is 20.5. The maximum absolute atomic E-state index is 13.3. The summed E-state index contributed by atoms with van der Waals surface area (Å²) in [4.78, 5) is 32.1. The van der Waals surface area contributed by atoms with Gasteiger partial charge in [0, 0.05) is 23.0 Å². The van der Waals surface area contributed by atoms with Gasteiger partial charge in [0.15, 0.2) is 5.43 Å². The highest BCUT2D eigenvalue weighted by molar-refractivity contribution is 6.13. The highest BCUT2D eigenvalue weighted by Crippen LogP contribution is 2.26. The second-order valence-electron chi connectivity index (χ2n) is 10.6. The number of methoxy groups -OCH3 is 2. The van der Waals surface area contributed by atoms with Crippen molar-refractivity contribution < 1.29 is 14.3 Å². The number of nitrogens with one attached hydrogen (secondary N) is 2. The van der Waals surface area contributed by atoms with Gasteiger partial charge in [-0.25, -0.2) is 0 Å². The Balaban J connectivity index is 1.15. The minimum Gasteiger partial charge on any atom is -0.497 e. The quantitative estimate of drug-likeness (QED) is 0.135. The van der Waals surface area contributed by atoms with Crippen molar-refractivity contribution in [1.82, 2.24) is 9.88 Å². The van der Waals surface area contributed by atoms with Gasteiger partial charge in [0.2, 0.25) is 0 Å². The Hall–Kier alpha value is -4.62. The summed E-state index contributed by atoms with van der Waals surface area (Å²) >= 11 is 0. The number of aryl methyl sites for hydroxylation is 1. The summed E-state index contributed by atoms with van der Waals surface area (Å²) in [6, 6.07) is 26.8. The minimum atomic E-state index is -0.282. The van der Waals surface area contributed by atoms with Gasteiger partial charge in [0.1, 0.15) is 11.5 Å². The average Bonchev–Trinajstić information content (AvgIpc) is 3.02. The second-order valence-corrected chi connectivity index (χ2v) is 10.6. The lowest BCUT2D eigenvalue weighted by atomic mass is 10.0. The first kappa shape index (κ1) is 28.9. The molecule has 0 aliphatic heterocycles. The van der Waals surface area contributed by atoms with Crippen molar-refractivity contribution in [1.29, 1.82) is 0 Å². The zero-order valence-corrected chi connectivity index (χ0v) is 24.4. The maximum atomic E-state index is 13.3. The second kappa shape index (κ2) is 13.4. The number of likely N-dealkylation sites (N-methyl/N-ethyl adjacent to an activating group) is 1. The number of unbranched alkanes of at least 4 members (excludes halogenated alkanes) is 1. The zero-order chi connectivity index (χ0) is 29.5. The molecule has 1 aromatic heterocycles. The van der Waals surface area contributed by atoms with E-state index in [2.05, 4.69) is 46.5 Å². The summed E-state index contributed by atoms with van der Waals surface area (Å²) < 4.78 is 10.7. The van der Waals surface area contributed by atoms with E-state index >= 15 is 0 Å². The Morgan fingerprint density at radius 2 is 1.43 bits per heavy atom. The topological polar surface area (TPSA) is 83.7 Å². The first-order valence-electron chi connectivity index (χ1n) is 14.3. The molecular formula is C35H37N3O4. The van der Waals surface area contributed by atoms with Crippen molar-refractivity contribution in [2.75, 3.05) is 39.7 Å². The molecule has 0 radical (unpaired) electrons. The molecule has 0 fully saturated rings. The van der Waals surface area contributed by atoms with Crippen LogP contribution in [-0.4, -0.2) is 50.1 Å². The molecule has 42 heavy (non-hydrogen) atoms. The molecule has 0 spiro atoms. The van der Waals surface area contributed by atoms with Crippen LogP contribution in [0.1, 0.15) is 34.3 Å². The summed E-state index contributed by atoms with van der Waals surface area (Å²) in [6.07, 6.45) is 4.23. The number of fused-ring (bicyclic) bond motifs is 2. The molecule has 0 unspecified atom stereocenters. The monoisotopic (exact) mass is 563 g/mol. The normalized spacial score (nSPS) is 11.2. The molecule has 5 aromatic rings. The predicted octanol–water partition coefficient (Wildman–Crippen LogP) is 6.45. The summed E-state index contributed by atoms with van der Waals surface area (Å²) in [5, 5.41) is 3.97. The maximum Gasteiger partial charge on any atom is 0.257 e. The van der Waals surface area contributed by atoms with Gasteiger partial charge in [-0.3, -0.25) is 9.59 Å². The third-order valence-corrected chi connectivity index (χ3v) is 7.70. The van der Waals surface area contributed by atoms with Crippen LogP contribution in [0, 0.1) is 0 Å². The molecule has 5 rings (SSSR count). The standard InChI is InChI=1S/C35H37N3O4/c1-38(23-21-25-15-19-27(41-2)20-16-25)22-5-4-8-24-13-17-26(18-14-24)36-35(40)30-11-6-9-28-32(30)37-33-29(34(28)39)10-7-12-31(33)42-3/h6-7,9-20H,4-5,8,21-23H2,1-3H3,(H,36,40)(H,37,39). The molecule has 1 amide bonds. The average molecular weight is 564 g/mol. The number of para-hydroxylation sites is 2. The Morgan fingerprint density at radius 3 is 2.14 bits per heavy atom. The van der Waals surface area contributed by atoms with Crippen LogP contribution < -0.4 is 20.2 Å². The van der Waals surface area contributed by atoms with Gasteiger partial charge in [0.05, 0.1) is 30.8 Å². The van der Waals surface area contributed by atoms with E-state index in [0.717, 1.165) is 44.5 Å². The number of ether oxygens (including phenoxy) is 2. The molecule has 2 N–H and O–H groups in total. The molecule has 0 saturated carbocycles. The lowest BCUT2D eigenvalue weighted by Crippen LogP contribution is -2.22. The third-order valence-electron chi connectivity index (χ3n) is 7.70. The van der Waals surface area contributed by atoms with E-state index in [1.54, 1.807) is 50.6 Å². The van der Waals surface area contributed by atoms with Crippen LogP contribution in [0.2, 0.25) is 0 Å². The number of hydrogen-bond donors (Lipinski definition) is 2. The number of pyridine rings is 1. The van der Waals surface area contributed by atoms with Gasteiger partial charge < -0.3 is 24.7 Å². The lowest BCUT2D eigenvalue weighted by molar-refractivity contribution is 0.102. The third kappa shape index (κ3) is 6.64. The Labute approximate surface area is 246 Å². The van der Waals surface area contributed by atoms with Gasteiger partial charge in [0.25, 0.3) is 5.91 Å². The first-order valence-corrected chi connectivity index (χ1v) is 14.3. The number of amides is 1. The van der Waals surface area contributed by atoms with Crippen LogP contribution in [0.4, 0.5) is 5.69 Å². The van der Waals surface area contributed by atoms with Crippen molar-refractivity contribution >= 4 is 33.4 Å². The number of carbonyl (C=O) groups is 1. The molecule has 0 atom stereocenters. The summed E-state index contributed by atoms with van der Waals surface area (Å²) in [5.74, 6) is 1.16. The molecule has 1 heterocycles. The van der Waals surface area contributed by atoms with Crippen LogP contribution in [0.5, 0.6) is 11.5 Å². The van der Waals surface area contributed by atoms with E-state index in [-0.39, 0.29) is 11.3 Å². The fourth-order valence-corrected chi connectivity index (χ4v) is 5.24. The van der Waals surface area contributed by atoms with Gasteiger partial charge in [-0.2, -0.15) is 0 Å². The number of anilines is 1. The Bertz CT molecular complexity index is 1730. The van der Waals surface area contributed by atoms with Crippen LogP contribution in [0.3, 0.4) is 0 Å². The highest BCUT2D eigenvalue weighted by Gasteiger charge is 2.16. The lowest BCUT2D eigenvalue weighted by Gasteiger charge is -2.16. The SMILES string of the molecule is COc1ccc(CCN(C)CCCCc2ccc(NC(=O)c3cccc4c(=O)c5cccc(OC)c5[nH]c34)cc2)cc1. The van der Waals surface area contributed by atoms with Crippen LogP contribution >= 0.6 is 0 Å². The number of aromatic amines is 1. The van der Waals surface area contributed by atoms with E-state index in [9.17, 15) is 9.59 Å². The molecule has 0 aliphatic carbocycles. The largest absolute Gasteiger partial charge is 0.497 e. The fourth-order valence-electron chi connectivity index (χ4n) is 5.24. The fraction of sp³-hybridized carbons (Fsp3) is 0.257. The molecular weight excluding hydrogens is 526 g/mol. The molecule has 0 bridgehead atoms. The van der Waals surface area contributed by atoms with E-state index < -0.39 is 0 Å². The number of nitrogens with zero attached hydrogens (tertiary/aromatic N) is 1. The van der Waals surface area contributed by atoms with Crippen molar-refractivity contribution in [3.05, 3.63) is 112 Å². The van der Waals surface area contributed by atoms with Gasteiger partial charge in [-0.15, -0.1) is 0 Å². The number of hydrogen-bond acceptors (Lipinski definition) is 5. The summed E-state index contributed by atoms with van der Waals surface area (Å²) in [7, 11) is 5.42. The van der Waals surface area contributed by atoms with E-state index in [1.807, 2.05) is 24.3 Å². The van der Waals surface area contributed by atoms with Crippen LogP contribution in [-0.2, 0) is 12.8 Å². The number of H-pyrrole nitrogens is 1. The van der Waals surface area contributed by atoms with Crippen molar-refractivity contribution in [3.63, 3.8) is 0 Å². The van der Waals surface area contributed by atoms with Crippen molar-refractivity contribution in [3.8, 4) is 11.5 Å². The Kier molecular flexibility index (Phi) is 9.19. The van der Waals surface area contributed by atoms with E-state index in [0.29, 0.717) is 38.8 Å².